The van der Waals surface area contributed by atoms with Crippen LogP contribution in [0.15, 0.2) is 35.8 Å². The molecule has 18 heteroatoms. The van der Waals surface area contributed by atoms with Gasteiger partial charge in [0, 0.05) is 104 Å². The highest BCUT2D eigenvalue weighted by Crippen LogP contribution is 2.45. The molecule has 3 aromatic heterocycles. The first-order chi connectivity index (χ1) is 37.7. The van der Waals surface area contributed by atoms with E-state index in [1.807, 2.05) is 4.90 Å². The molecule has 13 rings (SSSR count). The van der Waals surface area contributed by atoms with Crippen LogP contribution in [0.4, 0.5) is 5.69 Å². The molecule has 0 unspecified atom stereocenters. The third kappa shape index (κ3) is 10.3. The number of fused-ring (bicyclic) bond motifs is 6. The molecule has 4 aromatic rings. The highest BCUT2D eigenvalue weighted by molar-refractivity contribution is 7.10. The number of piperazine rings is 1. The number of benzene rings is 1. The fraction of sp³-hybridized carbons (Fsp3) is 0.667. The number of amides is 3. The molecular formula is C60H81N11O6S. The van der Waals surface area contributed by atoms with Crippen LogP contribution in [0.5, 0.6) is 0 Å². The van der Waals surface area contributed by atoms with Crippen LogP contribution in [-0.2, 0) is 48.0 Å². The van der Waals surface area contributed by atoms with Crippen molar-refractivity contribution in [2.24, 2.45) is 17.3 Å². The number of anilines is 1. The van der Waals surface area contributed by atoms with Gasteiger partial charge in [0.25, 0.3) is 5.91 Å². The number of hydrazine groups is 1. The number of rotatable bonds is 11. The van der Waals surface area contributed by atoms with E-state index in [0.717, 1.165) is 114 Å². The number of carbonyl (C=O) groups is 4. The summed E-state index contributed by atoms with van der Waals surface area (Å²) in [6, 6.07) is 7.93. The van der Waals surface area contributed by atoms with Crippen molar-refractivity contribution in [2.75, 3.05) is 77.0 Å². The van der Waals surface area contributed by atoms with Crippen LogP contribution < -0.4 is 21.0 Å². The second-order valence-electron chi connectivity index (χ2n) is 25.7. The van der Waals surface area contributed by atoms with E-state index in [0.29, 0.717) is 70.6 Å². The fourth-order valence-corrected chi connectivity index (χ4v) is 15.2. The number of morpholine rings is 1. The van der Waals surface area contributed by atoms with Gasteiger partial charge < -0.3 is 29.2 Å². The Hall–Kier alpha value is -4.98. The van der Waals surface area contributed by atoms with Gasteiger partial charge in [-0.25, -0.2) is 10.4 Å². The van der Waals surface area contributed by atoms with E-state index in [-0.39, 0.29) is 54.6 Å². The van der Waals surface area contributed by atoms with Crippen molar-refractivity contribution in [3.05, 3.63) is 52.1 Å². The van der Waals surface area contributed by atoms with E-state index < -0.39 is 29.1 Å². The van der Waals surface area contributed by atoms with E-state index >= 15 is 9.59 Å². The third-order valence-corrected chi connectivity index (χ3v) is 19.7. The molecule has 3 aliphatic carbocycles. The van der Waals surface area contributed by atoms with Gasteiger partial charge in [-0.2, -0.15) is 0 Å². The lowest BCUT2D eigenvalue weighted by Gasteiger charge is -2.55. The van der Waals surface area contributed by atoms with E-state index in [4.69, 9.17) is 19.4 Å². The second-order valence-corrected chi connectivity index (χ2v) is 26.6. The number of hydrogen-bond acceptors (Lipinski definition) is 14. The quantitative estimate of drug-likeness (QED) is 0.116. The lowest BCUT2D eigenvalue weighted by Crippen LogP contribution is -2.73. The monoisotopic (exact) mass is 1080 g/mol. The molecule has 418 valence electrons. The first-order valence-electron chi connectivity index (χ1n) is 29.8. The Morgan fingerprint density at radius 3 is 2.47 bits per heavy atom. The first kappa shape index (κ1) is 52.4. The van der Waals surface area contributed by atoms with Crippen LogP contribution in [0.25, 0.3) is 33.4 Å². The van der Waals surface area contributed by atoms with Crippen LogP contribution in [0.3, 0.4) is 0 Å². The minimum Gasteiger partial charge on any atom is -0.464 e. The Labute approximate surface area is 463 Å². The van der Waals surface area contributed by atoms with Crippen LogP contribution in [0.2, 0.25) is 0 Å². The van der Waals surface area contributed by atoms with Gasteiger partial charge in [0.15, 0.2) is 0 Å². The lowest BCUT2D eigenvalue weighted by molar-refractivity contribution is -0.197. The largest absolute Gasteiger partial charge is 0.464 e. The minimum atomic E-state index is -0.949. The van der Waals surface area contributed by atoms with Gasteiger partial charge in [-0.05, 0) is 106 Å². The first-order valence-corrected chi connectivity index (χ1v) is 30.7. The highest BCUT2D eigenvalue weighted by Gasteiger charge is 2.57. The molecule has 1 spiro atoms. The molecule has 8 fully saturated rings. The molecule has 78 heavy (non-hydrogen) atoms. The van der Waals surface area contributed by atoms with E-state index in [9.17, 15) is 9.59 Å². The molecule has 5 saturated heterocycles. The zero-order valence-electron chi connectivity index (χ0n) is 46.6. The number of ether oxygens (including phenoxy) is 2. The van der Waals surface area contributed by atoms with Crippen molar-refractivity contribution in [2.45, 2.75) is 166 Å². The molecule has 6 aliphatic heterocycles. The van der Waals surface area contributed by atoms with Crippen molar-refractivity contribution >= 4 is 51.6 Å². The summed E-state index contributed by atoms with van der Waals surface area (Å²) in [4.78, 5) is 77.9. The number of esters is 1. The number of nitrogens with zero attached hydrogens (tertiary/aromatic N) is 8. The van der Waals surface area contributed by atoms with Crippen LogP contribution in [0, 0.1) is 17.3 Å². The molecule has 6 bridgehead atoms. The molecule has 3 amide bonds. The minimum absolute atomic E-state index is 0.0744. The van der Waals surface area contributed by atoms with E-state index in [2.05, 4.69) is 106 Å². The topological polar surface area (TPSA) is 180 Å². The summed E-state index contributed by atoms with van der Waals surface area (Å²) in [7, 11) is 0. The van der Waals surface area contributed by atoms with Crippen LogP contribution in [0.1, 0.15) is 121 Å². The summed E-state index contributed by atoms with van der Waals surface area (Å²) < 4.78 is 15.2. The number of aryl methyl sites for hydroxylation is 1. The van der Waals surface area contributed by atoms with E-state index in [1.54, 1.807) is 5.01 Å². The van der Waals surface area contributed by atoms with Gasteiger partial charge in [-0.3, -0.25) is 44.3 Å². The molecule has 9 aliphatic rings. The van der Waals surface area contributed by atoms with Gasteiger partial charge >= 0.3 is 5.97 Å². The molecule has 17 nitrogen and oxygen atoms in total. The molecule has 3 N–H and O–H groups in total. The number of cyclic esters (lactones) is 1. The summed E-state index contributed by atoms with van der Waals surface area (Å²) in [5, 5.41) is 12.2. The molecule has 5 atom stereocenters. The fourth-order valence-electron chi connectivity index (χ4n) is 14.3. The number of pyridine rings is 1. The number of carbonyl (C=O) groups excluding carboxylic acids is 4. The Bertz CT molecular complexity index is 2950. The summed E-state index contributed by atoms with van der Waals surface area (Å²) in [5.74, 6) is 0.253. The smallest absolute Gasteiger partial charge is 0.324 e. The van der Waals surface area contributed by atoms with Gasteiger partial charge in [-0.15, -0.1) is 11.3 Å². The maximum Gasteiger partial charge on any atom is 0.324 e. The summed E-state index contributed by atoms with van der Waals surface area (Å²) in [6.45, 7) is 19.1. The third-order valence-electron chi connectivity index (χ3n) is 18.8. The van der Waals surface area contributed by atoms with Crippen molar-refractivity contribution < 1.29 is 28.7 Å². The van der Waals surface area contributed by atoms with Crippen molar-refractivity contribution in [3.63, 3.8) is 0 Å². The predicted octanol–water partition coefficient (Wildman–Crippen LogP) is 6.13. The maximum atomic E-state index is 15.2. The Balaban J connectivity index is 0.819. The zero-order chi connectivity index (χ0) is 53.6. The second kappa shape index (κ2) is 20.8. The molecule has 3 saturated carbocycles. The molecule has 9 heterocycles. The highest BCUT2D eigenvalue weighted by atomic mass is 32.1. The Morgan fingerprint density at radius 1 is 0.936 bits per heavy atom. The summed E-state index contributed by atoms with van der Waals surface area (Å²) >= 11 is 1.51. The van der Waals surface area contributed by atoms with Crippen molar-refractivity contribution in [1.82, 2.24) is 50.3 Å². The predicted molar refractivity (Wildman–Crippen MR) is 301 cm³/mol. The summed E-state index contributed by atoms with van der Waals surface area (Å²) in [5.41, 5.74) is 10.9. The van der Waals surface area contributed by atoms with Crippen LogP contribution >= 0.6 is 11.3 Å². The van der Waals surface area contributed by atoms with Gasteiger partial charge in [-0.1, -0.05) is 46.6 Å². The number of nitrogens with one attached hydrogen (secondary N) is 3. The number of hydrogen-bond donors (Lipinski definition) is 3. The molecular weight excluding hydrogens is 1000 g/mol. The Kier molecular flexibility index (Phi) is 14.0. The van der Waals surface area contributed by atoms with Gasteiger partial charge in [0.1, 0.15) is 23.7 Å². The average molecular weight is 1080 g/mol. The maximum absolute atomic E-state index is 15.2. The van der Waals surface area contributed by atoms with Crippen molar-refractivity contribution in [1.29, 1.82) is 0 Å². The molecule has 1 aromatic carbocycles. The summed E-state index contributed by atoms with van der Waals surface area (Å²) in [6.07, 6.45) is 13.1. The average Bonchev–Trinajstić information content (AvgIpc) is 4.56. The number of likely N-dealkylation sites (tertiary alicyclic amines) is 1. The SMILES string of the molecule is CCn1c(-c2cc(N3CCN(C4CC4)CC3)cnc2C(C)C)c2c3cc(ccc31)-c1csc(n1)C[C@H](NC(=O)[C@H](C1CCCC1)N1CCOC3(CN(C(=O)[C@@H]4N[C@@H]4C4CC4)C3)C1)C(=O)N1CCC[C@H](N1)C(=O)OCC(C)(C)C2. The van der Waals surface area contributed by atoms with Crippen molar-refractivity contribution in [3.8, 4) is 22.5 Å². The van der Waals surface area contributed by atoms with E-state index in [1.165, 1.54) is 42.6 Å². The van der Waals surface area contributed by atoms with Crippen LogP contribution in [-0.4, -0.2) is 172 Å². The van der Waals surface area contributed by atoms with Gasteiger partial charge in [0.2, 0.25) is 11.8 Å². The lowest BCUT2D eigenvalue weighted by atomic mass is 9.84. The van der Waals surface area contributed by atoms with Gasteiger partial charge in [0.05, 0.1) is 66.3 Å². The number of aromatic nitrogens is 3. The molecule has 0 radical (unpaired) electrons. The standard InChI is InChI=1S/C60H81N11O6S/c1-6-70-48-18-15-39-26-42(48)44(54(70)43-27-41(30-61-50(43)36(2)3)67-22-20-66(21-23-67)40-16-17-40)29-59(4,5)35-76-58(75)45-12-9-19-71(65-45)56(73)46(28-49-62-47(39)31-78-49)63-55(72)53(38-10-7-8-11-38)68-24-25-77-60(32-68)33-69(34-60)57(74)52-51(64-52)37-13-14-37/h15,18,26-27,30-31,36-38,40,45-46,51-53,64-65H,6-14,16-17,19-25,28-29,32-35H2,1-5H3,(H,63,72)/t45-,46-,51+,52+,53-/m0/s1. The Morgan fingerprint density at radius 2 is 1.73 bits per heavy atom. The normalized spacial score (nSPS) is 27.5. The number of thiazole rings is 1. The zero-order valence-corrected chi connectivity index (χ0v) is 47.4.